The van der Waals surface area contributed by atoms with E-state index in [-0.39, 0.29) is 24.8 Å². The molecule has 7 nitrogen and oxygen atoms in total. The molecule has 0 aromatic heterocycles. The molecule has 1 aromatic carbocycles. The van der Waals surface area contributed by atoms with Gasteiger partial charge in [-0.1, -0.05) is 18.2 Å². The Kier molecular flexibility index (Phi) is 4.32. The van der Waals surface area contributed by atoms with Crippen molar-refractivity contribution in [2.75, 3.05) is 13.6 Å². The van der Waals surface area contributed by atoms with Crippen LogP contribution in [-0.4, -0.2) is 48.2 Å². The first-order chi connectivity index (χ1) is 9.99. The molecular formula is C14H15N3O4. The lowest BCUT2D eigenvalue weighted by molar-refractivity contribution is -0.138. The number of benzene rings is 1. The van der Waals surface area contributed by atoms with Crippen LogP contribution < -0.4 is 10.6 Å². The van der Waals surface area contributed by atoms with Gasteiger partial charge in [-0.15, -0.1) is 0 Å². The summed E-state index contributed by atoms with van der Waals surface area (Å²) in [6.07, 6.45) is -0.0479. The normalized spacial score (nSPS) is 17.8. The summed E-state index contributed by atoms with van der Waals surface area (Å²) in [6, 6.07) is 7.62. The smallest absolute Gasteiger partial charge is 0.252 e. The van der Waals surface area contributed by atoms with Crippen molar-refractivity contribution < 1.29 is 19.2 Å². The van der Waals surface area contributed by atoms with E-state index in [1.165, 1.54) is 7.05 Å². The van der Waals surface area contributed by atoms with Crippen LogP contribution in [0.2, 0.25) is 0 Å². The molecule has 7 heteroatoms. The number of carbonyl (C=O) groups is 4. The molecule has 4 amide bonds. The highest BCUT2D eigenvalue weighted by Gasteiger charge is 2.36. The monoisotopic (exact) mass is 289 g/mol. The minimum Gasteiger partial charge on any atom is -0.343 e. The summed E-state index contributed by atoms with van der Waals surface area (Å²) in [4.78, 5) is 47.3. The lowest BCUT2D eigenvalue weighted by Gasteiger charge is -2.11. The maximum atomic E-state index is 11.7. The summed E-state index contributed by atoms with van der Waals surface area (Å²) < 4.78 is 0. The zero-order valence-electron chi connectivity index (χ0n) is 11.5. The molecule has 0 radical (unpaired) electrons. The highest BCUT2D eigenvalue weighted by molar-refractivity contribution is 6.06. The van der Waals surface area contributed by atoms with Gasteiger partial charge in [-0.2, -0.15) is 0 Å². The number of carbonyl (C=O) groups excluding carboxylic acids is 4. The van der Waals surface area contributed by atoms with Gasteiger partial charge < -0.3 is 10.6 Å². The van der Waals surface area contributed by atoms with Gasteiger partial charge in [0.1, 0.15) is 6.04 Å². The number of hydrogen-bond acceptors (Lipinski definition) is 4. The molecule has 1 atom stereocenters. The number of likely N-dealkylation sites (tertiary alicyclic amines) is 1. The minimum atomic E-state index is -0.844. The fourth-order valence-corrected chi connectivity index (χ4v) is 1.97. The van der Waals surface area contributed by atoms with Crippen molar-refractivity contribution in [2.24, 2.45) is 0 Å². The van der Waals surface area contributed by atoms with E-state index in [4.69, 9.17) is 0 Å². The molecule has 21 heavy (non-hydrogen) atoms. The average molecular weight is 289 g/mol. The maximum absolute atomic E-state index is 11.7. The van der Waals surface area contributed by atoms with Crippen molar-refractivity contribution >= 4 is 23.6 Å². The Hall–Kier alpha value is -2.70. The highest BCUT2D eigenvalue weighted by atomic mass is 16.2. The van der Waals surface area contributed by atoms with E-state index in [0.717, 1.165) is 4.90 Å². The molecule has 2 rings (SSSR count). The average Bonchev–Trinajstić information content (AvgIpc) is 2.73. The Bertz CT molecular complexity index is 585. The van der Waals surface area contributed by atoms with E-state index in [0.29, 0.717) is 5.56 Å². The second-order valence-corrected chi connectivity index (χ2v) is 4.66. The van der Waals surface area contributed by atoms with Crippen LogP contribution in [0.1, 0.15) is 16.8 Å². The molecule has 0 bridgehead atoms. The number of imide groups is 1. The molecule has 1 heterocycles. The Morgan fingerprint density at radius 2 is 1.90 bits per heavy atom. The van der Waals surface area contributed by atoms with Crippen molar-refractivity contribution in [3.63, 3.8) is 0 Å². The molecule has 2 N–H and O–H groups in total. The Labute approximate surface area is 121 Å². The predicted octanol–water partition coefficient (Wildman–Crippen LogP) is -0.710. The predicted molar refractivity (Wildman–Crippen MR) is 73.1 cm³/mol. The van der Waals surface area contributed by atoms with E-state index < -0.39 is 17.9 Å². The molecule has 0 aliphatic carbocycles. The zero-order chi connectivity index (χ0) is 15.4. The summed E-state index contributed by atoms with van der Waals surface area (Å²) in [7, 11) is 1.37. The van der Waals surface area contributed by atoms with E-state index in [1.54, 1.807) is 30.3 Å². The van der Waals surface area contributed by atoms with E-state index >= 15 is 0 Å². The van der Waals surface area contributed by atoms with Gasteiger partial charge in [-0.05, 0) is 12.1 Å². The van der Waals surface area contributed by atoms with E-state index in [2.05, 4.69) is 10.6 Å². The first kappa shape index (κ1) is 14.7. The molecule has 0 saturated carbocycles. The summed E-state index contributed by atoms with van der Waals surface area (Å²) in [5.41, 5.74) is 0.442. The van der Waals surface area contributed by atoms with Crippen molar-refractivity contribution in [2.45, 2.75) is 12.5 Å². The summed E-state index contributed by atoms with van der Waals surface area (Å²) in [5, 5.41) is 4.88. The van der Waals surface area contributed by atoms with Crippen LogP contribution >= 0.6 is 0 Å². The Morgan fingerprint density at radius 1 is 1.24 bits per heavy atom. The van der Waals surface area contributed by atoms with Crippen LogP contribution in [0.25, 0.3) is 0 Å². The number of nitrogens with zero attached hydrogens (tertiary/aromatic N) is 1. The van der Waals surface area contributed by atoms with Gasteiger partial charge in [0.25, 0.3) is 11.8 Å². The molecule has 1 aliphatic rings. The third-order valence-electron chi connectivity index (χ3n) is 3.16. The van der Waals surface area contributed by atoms with Gasteiger partial charge in [0.2, 0.25) is 11.8 Å². The maximum Gasteiger partial charge on any atom is 0.252 e. The molecule has 0 unspecified atom stereocenters. The van der Waals surface area contributed by atoms with Gasteiger partial charge in [0.15, 0.2) is 0 Å². The molecule has 110 valence electrons. The first-order valence-corrected chi connectivity index (χ1v) is 6.42. The van der Waals surface area contributed by atoms with Crippen LogP contribution in [0.4, 0.5) is 0 Å². The summed E-state index contributed by atoms with van der Waals surface area (Å²) >= 11 is 0. The van der Waals surface area contributed by atoms with Gasteiger partial charge in [0, 0.05) is 12.6 Å². The third-order valence-corrected chi connectivity index (χ3v) is 3.16. The molecule has 1 fully saturated rings. The largest absolute Gasteiger partial charge is 0.343 e. The number of hydrogen-bond donors (Lipinski definition) is 2. The fraction of sp³-hybridized carbons (Fsp3) is 0.286. The van der Waals surface area contributed by atoms with Gasteiger partial charge in [0.05, 0.1) is 13.0 Å². The SMILES string of the molecule is CN1C(=O)C[C@H](NC(=O)CNC(=O)c2ccccc2)C1=O. The van der Waals surface area contributed by atoms with Crippen LogP contribution in [0.15, 0.2) is 30.3 Å². The number of likely N-dealkylation sites (N-methyl/N-ethyl adjacent to an activating group) is 1. The quantitative estimate of drug-likeness (QED) is 0.716. The van der Waals surface area contributed by atoms with Crippen LogP contribution in [0, 0.1) is 0 Å². The van der Waals surface area contributed by atoms with Crippen molar-refractivity contribution in [1.82, 2.24) is 15.5 Å². The molecule has 1 aliphatic heterocycles. The van der Waals surface area contributed by atoms with Crippen molar-refractivity contribution in [3.05, 3.63) is 35.9 Å². The number of amides is 4. The van der Waals surface area contributed by atoms with Gasteiger partial charge >= 0.3 is 0 Å². The summed E-state index contributed by atoms with van der Waals surface area (Å²) in [5.74, 6) is -1.67. The van der Waals surface area contributed by atoms with Crippen LogP contribution in [0.3, 0.4) is 0 Å². The number of rotatable bonds is 4. The topological polar surface area (TPSA) is 95.6 Å². The molecule has 0 spiro atoms. The number of nitrogens with one attached hydrogen (secondary N) is 2. The highest BCUT2D eigenvalue weighted by Crippen LogP contribution is 2.10. The lowest BCUT2D eigenvalue weighted by atomic mass is 10.2. The fourth-order valence-electron chi connectivity index (χ4n) is 1.97. The second kappa shape index (κ2) is 6.17. The molecule has 1 aromatic rings. The minimum absolute atomic E-state index is 0.0479. The Morgan fingerprint density at radius 3 is 2.48 bits per heavy atom. The Balaban J connectivity index is 1.82. The summed E-state index contributed by atoms with van der Waals surface area (Å²) in [6.45, 7) is -0.255. The van der Waals surface area contributed by atoms with E-state index in [9.17, 15) is 19.2 Å². The lowest BCUT2D eigenvalue weighted by Crippen LogP contribution is -2.45. The second-order valence-electron chi connectivity index (χ2n) is 4.66. The standard InChI is InChI=1S/C14H15N3O4/c1-17-12(19)7-10(14(17)21)16-11(18)8-15-13(20)9-5-3-2-4-6-9/h2-6,10H,7-8H2,1H3,(H,15,20)(H,16,18)/t10-/m0/s1. The van der Waals surface area contributed by atoms with Crippen LogP contribution in [-0.2, 0) is 14.4 Å². The molecule has 1 saturated heterocycles. The first-order valence-electron chi connectivity index (χ1n) is 6.42. The van der Waals surface area contributed by atoms with Gasteiger partial charge in [-0.25, -0.2) is 0 Å². The zero-order valence-corrected chi connectivity index (χ0v) is 11.5. The van der Waals surface area contributed by atoms with Crippen molar-refractivity contribution in [1.29, 1.82) is 0 Å². The third kappa shape index (κ3) is 3.44. The van der Waals surface area contributed by atoms with Crippen molar-refractivity contribution in [3.8, 4) is 0 Å². The van der Waals surface area contributed by atoms with Crippen LogP contribution in [0.5, 0.6) is 0 Å². The van der Waals surface area contributed by atoms with E-state index in [1.807, 2.05) is 0 Å². The van der Waals surface area contributed by atoms with Gasteiger partial charge in [-0.3, -0.25) is 24.1 Å². The molecular weight excluding hydrogens is 274 g/mol.